The van der Waals surface area contributed by atoms with E-state index in [-0.39, 0.29) is 13.0 Å². The highest BCUT2D eigenvalue weighted by Crippen LogP contribution is 2.30. The van der Waals surface area contributed by atoms with E-state index in [1.807, 2.05) is 0 Å². The normalized spacial score (nSPS) is 14.8. The Bertz CT molecular complexity index is 462. The van der Waals surface area contributed by atoms with Crippen molar-refractivity contribution in [3.63, 3.8) is 0 Å². The number of phosphoric ester groups is 1. The molecule has 29 heavy (non-hydrogen) atoms. The van der Waals surface area contributed by atoms with Crippen molar-refractivity contribution in [2.24, 2.45) is 0 Å². The van der Waals surface area contributed by atoms with Crippen LogP contribution in [0.15, 0.2) is 12.2 Å². The summed E-state index contributed by atoms with van der Waals surface area (Å²) in [6.45, 7) is 1.24. The molecule has 0 radical (unpaired) electrons. The number of aliphatic hydroxyl groups is 1. The van der Waals surface area contributed by atoms with E-state index in [4.69, 9.17) is 9.63 Å². The van der Waals surface area contributed by atoms with Gasteiger partial charge in [0.15, 0.2) is 0 Å². The summed E-state index contributed by atoms with van der Waals surface area (Å²) in [7, 11) is -4.87. The summed E-state index contributed by atoms with van der Waals surface area (Å²) in [5, 5.41) is 9.39. The fourth-order valence-electron chi connectivity index (χ4n) is 2.83. The number of ether oxygens (including phenoxy) is 1. The maximum absolute atomic E-state index is 11.5. The predicted octanol–water partition coefficient (Wildman–Crippen LogP) is 4.41. The van der Waals surface area contributed by atoms with Crippen LogP contribution in [0.25, 0.3) is 0 Å². The van der Waals surface area contributed by atoms with Crippen molar-refractivity contribution in [1.29, 1.82) is 0 Å². The van der Waals surface area contributed by atoms with Gasteiger partial charge < -0.3 is 24.2 Å². The summed E-state index contributed by atoms with van der Waals surface area (Å²) in [6, 6.07) is 0. The van der Waals surface area contributed by atoms with Crippen molar-refractivity contribution in [1.82, 2.24) is 0 Å². The van der Waals surface area contributed by atoms with E-state index in [0.29, 0.717) is 0 Å². The molecule has 0 amide bonds. The monoisotopic (exact) mass is 435 g/mol. The summed E-state index contributed by atoms with van der Waals surface area (Å²) in [5.41, 5.74) is 0. The number of carbonyl (C=O) groups excluding carboxylic acids is 1. The lowest BCUT2D eigenvalue weighted by molar-refractivity contribution is -0.222. The Kier molecular flexibility index (Phi) is 18.8. The van der Waals surface area contributed by atoms with Gasteiger partial charge in [-0.1, -0.05) is 70.4 Å². The molecule has 0 saturated carbocycles. The molecule has 172 valence electrons. The average Bonchev–Trinajstić information content (AvgIpc) is 2.67. The van der Waals surface area contributed by atoms with E-state index in [0.717, 1.165) is 38.5 Å². The number of hydrogen-bond donors (Lipinski definition) is 2. The van der Waals surface area contributed by atoms with E-state index in [9.17, 15) is 19.4 Å². The number of allylic oxidation sites excluding steroid dienone is 2. The van der Waals surface area contributed by atoms with E-state index < -0.39 is 26.5 Å². The summed E-state index contributed by atoms with van der Waals surface area (Å²) in [4.78, 5) is 30.3. The molecule has 0 aliphatic heterocycles. The molecule has 8 heteroatoms. The van der Waals surface area contributed by atoms with Crippen molar-refractivity contribution in [2.75, 3.05) is 13.2 Å². The van der Waals surface area contributed by atoms with Crippen LogP contribution in [0.2, 0.25) is 0 Å². The van der Waals surface area contributed by atoms with Gasteiger partial charge in [0, 0.05) is 6.42 Å². The third-order valence-electron chi connectivity index (χ3n) is 4.51. The Labute approximate surface area is 176 Å². The van der Waals surface area contributed by atoms with Gasteiger partial charge in [-0.2, -0.15) is 0 Å². The fraction of sp³-hybridized carbons (Fsp3) is 0.857. The van der Waals surface area contributed by atoms with Crippen LogP contribution in [0.1, 0.15) is 96.8 Å². The van der Waals surface area contributed by atoms with Crippen LogP contribution >= 0.6 is 7.82 Å². The molecule has 0 aliphatic carbocycles. The topological polar surface area (TPSA) is 116 Å². The lowest BCUT2D eigenvalue weighted by Gasteiger charge is -2.18. The quantitative estimate of drug-likeness (QED) is 0.126. The minimum Gasteiger partial charge on any atom is -0.756 e. The molecule has 0 aliphatic rings. The van der Waals surface area contributed by atoms with E-state index in [1.165, 1.54) is 44.9 Å². The number of rotatable bonds is 20. The predicted molar refractivity (Wildman–Crippen MR) is 112 cm³/mol. The second-order valence-corrected chi connectivity index (χ2v) is 8.63. The fourth-order valence-corrected chi connectivity index (χ4v) is 3.19. The maximum atomic E-state index is 11.5. The highest BCUT2D eigenvalue weighted by molar-refractivity contribution is 7.44. The minimum absolute atomic E-state index is 0.270. The summed E-state index contributed by atoms with van der Waals surface area (Å²) >= 11 is 0. The molecule has 0 bridgehead atoms. The van der Waals surface area contributed by atoms with Crippen LogP contribution < -0.4 is 4.89 Å². The Hall–Kier alpha value is -0.720. The number of hydrogen-bond acceptors (Lipinski definition) is 6. The third-order valence-corrected chi connectivity index (χ3v) is 4.98. The minimum atomic E-state index is -4.87. The molecule has 2 unspecified atom stereocenters. The molecule has 2 N–H and O–H groups in total. The van der Waals surface area contributed by atoms with Gasteiger partial charge in [0.2, 0.25) is 0 Å². The average molecular weight is 436 g/mol. The van der Waals surface area contributed by atoms with E-state index in [1.54, 1.807) is 0 Å². The van der Waals surface area contributed by atoms with Crippen LogP contribution in [0.3, 0.4) is 0 Å². The first-order valence-corrected chi connectivity index (χ1v) is 12.5. The lowest BCUT2D eigenvalue weighted by Crippen LogP contribution is -2.24. The molecular formula is C21H40O7P-. The summed E-state index contributed by atoms with van der Waals surface area (Å²) in [5.74, 6) is -0.434. The number of carbonyl (C=O) groups is 1. The zero-order chi connectivity index (χ0) is 21.8. The Balaban J connectivity index is 3.38. The van der Waals surface area contributed by atoms with Crippen LogP contribution in [-0.4, -0.2) is 35.3 Å². The van der Waals surface area contributed by atoms with Crippen LogP contribution in [-0.2, 0) is 18.6 Å². The number of esters is 1. The molecular weight excluding hydrogens is 395 g/mol. The zero-order valence-electron chi connectivity index (χ0n) is 17.9. The van der Waals surface area contributed by atoms with Crippen molar-refractivity contribution >= 4 is 13.8 Å². The van der Waals surface area contributed by atoms with Gasteiger partial charge >= 0.3 is 5.97 Å². The van der Waals surface area contributed by atoms with Crippen LogP contribution in [0.5, 0.6) is 0 Å². The highest BCUT2D eigenvalue weighted by Gasteiger charge is 2.12. The van der Waals surface area contributed by atoms with E-state index in [2.05, 4.69) is 23.6 Å². The molecule has 0 aromatic carbocycles. The van der Waals surface area contributed by atoms with Gasteiger partial charge in [0.05, 0.1) is 6.61 Å². The lowest BCUT2D eigenvalue weighted by atomic mass is 10.1. The van der Waals surface area contributed by atoms with Crippen LogP contribution in [0, 0.1) is 0 Å². The molecule has 0 spiro atoms. The number of phosphoric acid groups is 1. The molecule has 0 rings (SSSR count). The molecule has 2 atom stereocenters. The van der Waals surface area contributed by atoms with Crippen molar-refractivity contribution < 1.29 is 33.5 Å². The number of unbranched alkanes of at least 4 members (excludes halogenated alkanes) is 11. The van der Waals surface area contributed by atoms with Crippen molar-refractivity contribution in [3.05, 3.63) is 12.2 Å². The van der Waals surface area contributed by atoms with Gasteiger partial charge in [0.1, 0.15) is 12.7 Å². The third kappa shape index (κ3) is 23.4. The summed E-state index contributed by atoms with van der Waals surface area (Å²) in [6.07, 6.45) is 18.9. The van der Waals surface area contributed by atoms with Gasteiger partial charge in [-0.05, 0) is 32.1 Å². The molecule has 0 aromatic rings. The molecule has 0 saturated heterocycles. The zero-order valence-corrected chi connectivity index (χ0v) is 18.8. The first-order valence-electron chi connectivity index (χ1n) is 11.0. The molecule has 0 heterocycles. The second-order valence-electron chi connectivity index (χ2n) is 7.44. The molecule has 7 nitrogen and oxygen atoms in total. The van der Waals surface area contributed by atoms with Crippen molar-refractivity contribution in [3.8, 4) is 0 Å². The second kappa shape index (κ2) is 19.3. The first kappa shape index (κ1) is 28.3. The highest BCUT2D eigenvalue weighted by atomic mass is 31.2. The smallest absolute Gasteiger partial charge is 0.305 e. The standard InChI is InChI=1S/C21H41O7P/c1-2-3-4-5-6-7-8-9-10-11-12-13-14-15-16-17-21(23)27-18-20(22)19-28-29(24,25)26/h9-10,20,22H,2-8,11-19H2,1H3,(H2,24,25,26)/p-1/b10-9-. The Morgan fingerprint density at radius 2 is 1.45 bits per heavy atom. The Morgan fingerprint density at radius 3 is 2.00 bits per heavy atom. The van der Waals surface area contributed by atoms with Gasteiger partial charge in [-0.15, -0.1) is 0 Å². The largest absolute Gasteiger partial charge is 0.756 e. The maximum Gasteiger partial charge on any atom is 0.305 e. The molecule has 0 fully saturated rings. The number of aliphatic hydroxyl groups excluding tert-OH is 1. The Morgan fingerprint density at radius 1 is 0.931 bits per heavy atom. The van der Waals surface area contributed by atoms with Crippen LogP contribution in [0.4, 0.5) is 0 Å². The summed E-state index contributed by atoms with van der Waals surface area (Å²) < 4.78 is 19.2. The first-order chi connectivity index (χ1) is 13.8. The van der Waals surface area contributed by atoms with E-state index >= 15 is 0 Å². The van der Waals surface area contributed by atoms with Crippen molar-refractivity contribution in [2.45, 2.75) is 103 Å². The SMILES string of the molecule is CCCCCCCC/C=C\CCCCCCCC(=O)OCC(O)COP(=O)([O-])O. The van der Waals surface area contributed by atoms with Gasteiger partial charge in [-0.3, -0.25) is 9.36 Å². The van der Waals surface area contributed by atoms with Gasteiger partial charge in [-0.25, -0.2) is 0 Å². The molecule has 0 aromatic heterocycles. The van der Waals surface area contributed by atoms with Gasteiger partial charge in [0.25, 0.3) is 7.82 Å².